The van der Waals surface area contributed by atoms with Gasteiger partial charge < -0.3 is 5.43 Å². The van der Waals surface area contributed by atoms with Crippen LogP contribution < -0.4 is 11.3 Å². The number of nitrogens with one attached hydrogen (secondary N) is 1. The third-order valence-electron chi connectivity index (χ3n) is 1.01. The summed E-state index contributed by atoms with van der Waals surface area (Å²) in [5.74, 6) is 5.15. The Bertz CT molecular complexity index is 171. The lowest BCUT2D eigenvalue weighted by atomic mass is 10.4. The van der Waals surface area contributed by atoms with E-state index in [0.717, 1.165) is 5.69 Å². The average molecular weight is 128 g/mol. The molecule has 0 fully saturated rings. The van der Waals surface area contributed by atoms with Crippen LogP contribution >= 0.6 is 11.3 Å². The van der Waals surface area contributed by atoms with Gasteiger partial charge in [-0.15, -0.1) is 11.3 Å². The van der Waals surface area contributed by atoms with E-state index in [0.29, 0.717) is 0 Å². The lowest BCUT2D eigenvalue weighted by molar-refractivity contribution is 1.35. The first-order chi connectivity index (χ1) is 3.84. The highest BCUT2D eigenvalue weighted by Gasteiger charge is 1.92. The summed E-state index contributed by atoms with van der Waals surface area (Å²) in [7, 11) is 0. The first-order valence-corrected chi connectivity index (χ1v) is 3.23. The number of aryl methyl sites for hydroxylation is 1. The molecule has 1 heterocycles. The van der Waals surface area contributed by atoms with E-state index in [4.69, 9.17) is 5.84 Å². The molecule has 0 amide bonds. The molecule has 2 nitrogen and oxygen atoms in total. The van der Waals surface area contributed by atoms with Gasteiger partial charge in [-0.05, 0) is 18.4 Å². The van der Waals surface area contributed by atoms with Gasteiger partial charge in [0.05, 0.1) is 5.69 Å². The van der Waals surface area contributed by atoms with Crippen LogP contribution in [0.2, 0.25) is 0 Å². The van der Waals surface area contributed by atoms with Gasteiger partial charge in [-0.25, -0.2) is 0 Å². The van der Waals surface area contributed by atoms with Crippen LogP contribution in [0.5, 0.6) is 0 Å². The molecule has 0 radical (unpaired) electrons. The van der Waals surface area contributed by atoms with Crippen LogP contribution in [0.4, 0.5) is 5.69 Å². The summed E-state index contributed by atoms with van der Waals surface area (Å²) in [4.78, 5) is 1.23. The van der Waals surface area contributed by atoms with Crippen LogP contribution in [0.15, 0.2) is 11.4 Å². The minimum Gasteiger partial charge on any atom is -0.323 e. The summed E-state index contributed by atoms with van der Waals surface area (Å²) in [6, 6.07) is 1.96. The first-order valence-electron chi connectivity index (χ1n) is 2.35. The largest absolute Gasteiger partial charge is 0.323 e. The molecule has 0 aliphatic carbocycles. The van der Waals surface area contributed by atoms with Gasteiger partial charge in [0.2, 0.25) is 0 Å². The van der Waals surface area contributed by atoms with E-state index in [1.54, 1.807) is 11.3 Å². The molecule has 0 unspecified atom stereocenters. The highest BCUT2D eigenvalue weighted by atomic mass is 32.1. The smallest absolute Gasteiger partial charge is 0.0621 e. The molecule has 0 aliphatic rings. The number of hydrogen-bond donors (Lipinski definition) is 2. The quantitative estimate of drug-likeness (QED) is 0.442. The molecule has 1 rings (SSSR count). The zero-order valence-corrected chi connectivity index (χ0v) is 5.46. The molecule has 3 heteroatoms. The Kier molecular flexibility index (Phi) is 1.50. The van der Waals surface area contributed by atoms with Crippen molar-refractivity contribution in [2.24, 2.45) is 5.84 Å². The summed E-state index contributed by atoms with van der Waals surface area (Å²) >= 11 is 1.69. The van der Waals surface area contributed by atoms with Gasteiger partial charge in [0.15, 0.2) is 0 Å². The maximum Gasteiger partial charge on any atom is 0.0621 e. The maximum absolute atomic E-state index is 5.15. The van der Waals surface area contributed by atoms with Crippen LogP contribution in [0.3, 0.4) is 0 Å². The van der Waals surface area contributed by atoms with E-state index in [2.05, 4.69) is 5.43 Å². The van der Waals surface area contributed by atoms with Crippen molar-refractivity contribution in [1.82, 2.24) is 0 Å². The predicted molar refractivity (Wildman–Crippen MR) is 36.9 cm³/mol. The van der Waals surface area contributed by atoms with Crippen LogP contribution in [-0.2, 0) is 0 Å². The first kappa shape index (κ1) is 5.59. The maximum atomic E-state index is 5.15. The fourth-order valence-electron chi connectivity index (χ4n) is 0.535. The second-order valence-electron chi connectivity index (χ2n) is 1.53. The van der Waals surface area contributed by atoms with Crippen molar-refractivity contribution in [3.63, 3.8) is 0 Å². The van der Waals surface area contributed by atoms with Crippen molar-refractivity contribution in [2.75, 3.05) is 5.43 Å². The van der Waals surface area contributed by atoms with Gasteiger partial charge >= 0.3 is 0 Å². The van der Waals surface area contributed by atoms with Crippen LogP contribution in [0.25, 0.3) is 0 Å². The molecule has 0 spiro atoms. The summed E-state index contributed by atoms with van der Waals surface area (Å²) in [6.45, 7) is 2.03. The van der Waals surface area contributed by atoms with Gasteiger partial charge in [0.1, 0.15) is 0 Å². The molecular weight excluding hydrogens is 120 g/mol. The molecule has 0 atom stereocenters. The molecule has 1 aromatic rings. The minimum atomic E-state index is 1.02. The van der Waals surface area contributed by atoms with Crippen molar-refractivity contribution >= 4 is 17.0 Å². The molecule has 44 valence electrons. The van der Waals surface area contributed by atoms with E-state index < -0.39 is 0 Å². The van der Waals surface area contributed by atoms with Gasteiger partial charge in [0, 0.05) is 4.88 Å². The Balaban J connectivity index is 2.92. The van der Waals surface area contributed by atoms with Crippen molar-refractivity contribution in [1.29, 1.82) is 0 Å². The van der Waals surface area contributed by atoms with Gasteiger partial charge in [-0.2, -0.15) is 0 Å². The van der Waals surface area contributed by atoms with Crippen LogP contribution in [0.1, 0.15) is 4.88 Å². The van der Waals surface area contributed by atoms with Gasteiger partial charge in [-0.3, -0.25) is 5.84 Å². The molecular formula is C5H8N2S. The van der Waals surface area contributed by atoms with E-state index in [9.17, 15) is 0 Å². The normalized spacial score (nSPS) is 9.25. The number of anilines is 1. The molecule has 3 N–H and O–H groups in total. The predicted octanol–water partition coefficient (Wildman–Crippen LogP) is 1.34. The Hall–Kier alpha value is -0.540. The number of rotatable bonds is 1. The van der Waals surface area contributed by atoms with E-state index in [1.807, 2.05) is 18.4 Å². The highest BCUT2D eigenvalue weighted by Crippen LogP contribution is 2.18. The fourth-order valence-corrected chi connectivity index (χ4v) is 1.20. The molecule has 0 aromatic carbocycles. The molecule has 1 aromatic heterocycles. The van der Waals surface area contributed by atoms with Crippen molar-refractivity contribution in [3.05, 3.63) is 16.3 Å². The number of hydrogen-bond acceptors (Lipinski definition) is 3. The standard InChI is InChI=1S/C5H8N2S/c1-4-5(7-6)2-3-8-4/h2-3,7H,6H2,1H3. The van der Waals surface area contributed by atoms with Crippen molar-refractivity contribution < 1.29 is 0 Å². The third kappa shape index (κ3) is 0.827. The SMILES string of the molecule is Cc1sccc1NN. The van der Waals surface area contributed by atoms with Crippen LogP contribution in [0, 0.1) is 6.92 Å². The Labute approximate surface area is 52.3 Å². The fraction of sp³-hybridized carbons (Fsp3) is 0.200. The molecule has 0 saturated carbocycles. The molecule has 0 bridgehead atoms. The molecule has 0 aliphatic heterocycles. The van der Waals surface area contributed by atoms with Crippen molar-refractivity contribution in [2.45, 2.75) is 6.92 Å². The highest BCUT2D eigenvalue weighted by molar-refractivity contribution is 7.10. The second kappa shape index (κ2) is 2.15. The van der Waals surface area contributed by atoms with E-state index >= 15 is 0 Å². The Morgan fingerprint density at radius 1 is 1.75 bits per heavy atom. The zero-order chi connectivity index (χ0) is 5.98. The lowest BCUT2D eigenvalue weighted by Crippen LogP contribution is -2.05. The average Bonchev–Trinajstić information content (AvgIpc) is 2.14. The van der Waals surface area contributed by atoms with Crippen molar-refractivity contribution in [3.8, 4) is 0 Å². The zero-order valence-electron chi connectivity index (χ0n) is 4.64. The number of thiophene rings is 1. The second-order valence-corrected chi connectivity index (χ2v) is 2.66. The monoisotopic (exact) mass is 128 g/mol. The number of nitrogens with two attached hydrogens (primary N) is 1. The minimum absolute atomic E-state index is 1.02. The van der Waals surface area contributed by atoms with Crippen LogP contribution in [-0.4, -0.2) is 0 Å². The van der Waals surface area contributed by atoms with E-state index in [-0.39, 0.29) is 0 Å². The summed E-state index contributed by atoms with van der Waals surface area (Å²) in [5.41, 5.74) is 3.61. The summed E-state index contributed by atoms with van der Waals surface area (Å²) in [6.07, 6.45) is 0. The van der Waals surface area contributed by atoms with E-state index in [1.165, 1.54) is 4.88 Å². The third-order valence-corrected chi connectivity index (χ3v) is 1.86. The summed E-state index contributed by atoms with van der Waals surface area (Å²) < 4.78 is 0. The lowest BCUT2D eigenvalue weighted by Gasteiger charge is -1.92. The molecule has 0 saturated heterocycles. The van der Waals surface area contributed by atoms with Gasteiger partial charge in [-0.1, -0.05) is 0 Å². The Morgan fingerprint density at radius 2 is 2.50 bits per heavy atom. The number of hydrazine groups is 1. The molecule has 8 heavy (non-hydrogen) atoms. The Morgan fingerprint density at radius 3 is 2.75 bits per heavy atom. The van der Waals surface area contributed by atoms with Gasteiger partial charge in [0.25, 0.3) is 0 Å². The number of nitrogen functional groups attached to an aromatic ring is 1. The summed E-state index contributed by atoms with van der Waals surface area (Å²) in [5, 5.41) is 2.00. The topological polar surface area (TPSA) is 38.0 Å².